The molecule has 21 heavy (non-hydrogen) atoms. The lowest BCUT2D eigenvalue weighted by Gasteiger charge is -2.05. The van der Waals surface area contributed by atoms with Gasteiger partial charge in [-0.2, -0.15) is 0 Å². The number of esters is 3. The summed E-state index contributed by atoms with van der Waals surface area (Å²) in [6.07, 6.45) is 0. The van der Waals surface area contributed by atoms with Crippen molar-refractivity contribution in [3.63, 3.8) is 0 Å². The molecule has 104 valence electrons. The maximum Gasteiger partial charge on any atom is 0.347 e. The summed E-state index contributed by atoms with van der Waals surface area (Å²) in [6.45, 7) is 0. The Morgan fingerprint density at radius 2 is 1.76 bits per heavy atom. The first kappa shape index (κ1) is 13.5. The van der Waals surface area contributed by atoms with E-state index in [0.29, 0.717) is 5.56 Å². The Morgan fingerprint density at radius 1 is 1.00 bits per heavy atom. The van der Waals surface area contributed by atoms with Gasteiger partial charge in [-0.3, -0.25) is 0 Å². The van der Waals surface area contributed by atoms with Gasteiger partial charge in [0.15, 0.2) is 0 Å². The third-order valence-electron chi connectivity index (χ3n) is 2.89. The fraction of sp³-hybridized carbons (Fsp3) is 0. The fourth-order valence-corrected chi connectivity index (χ4v) is 2.31. The number of rotatable bonds is 2. The summed E-state index contributed by atoms with van der Waals surface area (Å²) in [7, 11) is 0. The number of fused-ring (bicyclic) bond motifs is 1. The summed E-state index contributed by atoms with van der Waals surface area (Å²) in [5, 5.41) is 0. The molecule has 0 amide bonds. The van der Waals surface area contributed by atoms with E-state index in [-0.39, 0.29) is 16.9 Å². The van der Waals surface area contributed by atoms with E-state index in [9.17, 15) is 14.4 Å². The van der Waals surface area contributed by atoms with Crippen LogP contribution in [0.4, 0.5) is 0 Å². The number of carbonyl (C=O) groups is 3. The third-order valence-corrected chi connectivity index (χ3v) is 3.38. The van der Waals surface area contributed by atoms with Crippen LogP contribution in [-0.4, -0.2) is 17.9 Å². The van der Waals surface area contributed by atoms with Crippen LogP contribution in [0.2, 0.25) is 0 Å². The van der Waals surface area contributed by atoms with Crippen LogP contribution in [0.3, 0.4) is 0 Å². The van der Waals surface area contributed by atoms with E-state index in [0.717, 1.165) is 4.47 Å². The van der Waals surface area contributed by atoms with Crippen molar-refractivity contribution < 1.29 is 23.9 Å². The van der Waals surface area contributed by atoms with Crippen molar-refractivity contribution in [3.05, 3.63) is 63.6 Å². The van der Waals surface area contributed by atoms with Crippen LogP contribution >= 0.6 is 15.9 Å². The fourth-order valence-electron chi connectivity index (χ4n) is 1.91. The first-order valence-corrected chi connectivity index (χ1v) is 6.72. The van der Waals surface area contributed by atoms with E-state index < -0.39 is 17.9 Å². The van der Waals surface area contributed by atoms with Gasteiger partial charge in [0.05, 0.1) is 16.7 Å². The second-order valence-corrected chi connectivity index (χ2v) is 5.20. The highest BCUT2D eigenvalue weighted by atomic mass is 79.9. The largest absolute Gasteiger partial charge is 0.423 e. The SMILES string of the molecule is O=C(Oc1ccc2c(c1)C(=O)OC2=O)c1cccc(Br)c1. The second-order valence-electron chi connectivity index (χ2n) is 4.28. The lowest BCUT2D eigenvalue weighted by Crippen LogP contribution is -2.08. The molecule has 0 bridgehead atoms. The van der Waals surface area contributed by atoms with Gasteiger partial charge in [-0.05, 0) is 36.4 Å². The molecule has 1 aliphatic heterocycles. The van der Waals surface area contributed by atoms with Crippen molar-refractivity contribution >= 4 is 33.8 Å². The van der Waals surface area contributed by atoms with Crippen LogP contribution in [0.25, 0.3) is 0 Å². The van der Waals surface area contributed by atoms with E-state index in [2.05, 4.69) is 20.7 Å². The standard InChI is InChI=1S/C15H7BrO5/c16-9-3-1-2-8(6-9)13(17)20-10-4-5-11-12(7-10)15(19)21-14(11)18/h1-7H. The molecule has 0 aromatic heterocycles. The molecule has 0 spiro atoms. The summed E-state index contributed by atoms with van der Waals surface area (Å²) in [5.41, 5.74) is 0.630. The molecular weight excluding hydrogens is 340 g/mol. The molecule has 2 aromatic carbocycles. The van der Waals surface area contributed by atoms with Gasteiger partial charge in [-0.1, -0.05) is 22.0 Å². The first-order chi connectivity index (χ1) is 10.0. The summed E-state index contributed by atoms with van der Waals surface area (Å²) in [4.78, 5) is 34.7. The maximum atomic E-state index is 12.0. The number of cyclic esters (lactones) is 2. The Bertz CT molecular complexity index is 781. The lowest BCUT2D eigenvalue weighted by molar-refractivity contribution is 0.0442. The molecule has 0 aliphatic carbocycles. The van der Waals surface area contributed by atoms with E-state index in [1.807, 2.05) is 0 Å². The van der Waals surface area contributed by atoms with Gasteiger partial charge in [-0.15, -0.1) is 0 Å². The minimum Gasteiger partial charge on any atom is -0.423 e. The summed E-state index contributed by atoms with van der Waals surface area (Å²) in [5.74, 6) is -1.82. The number of carbonyl (C=O) groups excluding carboxylic acids is 3. The molecule has 0 atom stereocenters. The Balaban J connectivity index is 1.86. The minimum atomic E-state index is -0.740. The van der Waals surface area contributed by atoms with Gasteiger partial charge in [0.25, 0.3) is 0 Å². The van der Waals surface area contributed by atoms with Gasteiger partial charge in [0, 0.05) is 4.47 Å². The molecule has 3 rings (SSSR count). The molecule has 5 nitrogen and oxygen atoms in total. The number of benzene rings is 2. The minimum absolute atomic E-state index is 0.0968. The van der Waals surface area contributed by atoms with Gasteiger partial charge in [-0.25, -0.2) is 14.4 Å². The summed E-state index contributed by atoms with van der Waals surface area (Å²) >= 11 is 3.26. The molecule has 0 N–H and O–H groups in total. The Labute approximate surface area is 127 Å². The van der Waals surface area contributed by atoms with Crippen molar-refractivity contribution in [2.24, 2.45) is 0 Å². The third kappa shape index (κ3) is 2.57. The smallest absolute Gasteiger partial charge is 0.347 e. The highest BCUT2D eigenvalue weighted by molar-refractivity contribution is 9.10. The highest BCUT2D eigenvalue weighted by Crippen LogP contribution is 2.25. The van der Waals surface area contributed by atoms with Crippen LogP contribution in [0, 0.1) is 0 Å². The van der Waals surface area contributed by atoms with Crippen LogP contribution in [0.1, 0.15) is 31.1 Å². The summed E-state index contributed by atoms with van der Waals surface area (Å²) in [6, 6.07) is 10.9. The molecule has 0 saturated heterocycles. The second kappa shape index (κ2) is 5.14. The summed E-state index contributed by atoms with van der Waals surface area (Å²) < 4.78 is 10.4. The molecule has 1 heterocycles. The van der Waals surface area contributed by atoms with Crippen molar-refractivity contribution in [1.29, 1.82) is 0 Å². The highest BCUT2D eigenvalue weighted by Gasteiger charge is 2.30. The molecule has 0 fully saturated rings. The number of hydrogen-bond donors (Lipinski definition) is 0. The normalized spacial score (nSPS) is 12.8. The maximum absolute atomic E-state index is 12.0. The van der Waals surface area contributed by atoms with Crippen LogP contribution in [0.15, 0.2) is 46.9 Å². The zero-order chi connectivity index (χ0) is 15.0. The van der Waals surface area contributed by atoms with E-state index >= 15 is 0 Å². The zero-order valence-corrected chi connectivity index (χ0v) is 12.0. The molecule has 6 heteroatoms. The quantitative estimate of drug-likeness (QED) is 0.475. The Morgan fingerprint density at radius 3 is 2.52 bits per heavy atom. The Kier molecular flexibility index (Phi) is 3.31. The van der Waals surface area contributed by atoms with Crippen molar-refractivity contribution in [1.82, 2.24) is 0 Å². The first-order valence-electron chi connectivity index (χ1n) is 5.93. The van der Waals surface area contributed by atoms with Crippen molar-refractivity contribution in [2.45, 2.75) is 0 Å². The molecule has 0 radical (unpaired) electrons. The number of ether oxygens (including phenoxy) is 2. The number of halogens is 1. The molecule has 1 aliphatic rings. The van der Waals surface area contributed by atoms with Crippen molar-refractivity contribution in [3.8, 4) is 5.75 Å². The van der Waals surface area contributed by atoms with E-state index in [1.165, 1.54) is 18.2 Å². The van der Waals surface area contributed by atoms with Gasteiger partial charge in [0.2, 0.25) is 0 Å². The van der Waals surface area contributed by atoms with Gasteiger partial charge < -0.3 is 9.47 Å². The molecule has 2 aromatic rings. The molecule has 0 saturated carbocycles. The topological polar surface area (TPSA) is 69.7 Å². The zero-order valence-electron chi connectivity index (χ0n) is 10.5. The van der Waals surface area contributed by atoms with Crippen LogP contribution < -0.4 is 4.74 Å². The van der Waals surface area contributed by atoms with E-state index in [1.54, 1.807) is 24.3 Å². The van der Waals surface area contributed by atoms with Crippen molar-refractivity contribution in [2.75, 3.05) is 0 Å². The predicted molar refractivity (Wildman–Crippen MR) is 75.3 cm³/mol. The van der Waals surface area contributed by atoms with Gasteiger partial charge >= 0.3 is 17.9 Å². The lowest BCUT2D eigenvalue weighted by atomic mass is 10.1. The average Bonchev–Trinajstić information content (AvgIpc) is 2.74. The van der Waals surface area contributed by atoms with Crippen LogP contribution in [-0.2, 0) is 4.74 Å². The van der Waals surface area contributed by atoms with E-state index in [4.69, 9.17) is 4.74 Å². The van der Waals surface area contributed by atoms with Crippen LogP contribution in [0.5, 0.6) is 5.75 Å². The number of hydrogen-bond acceptors (Lipinski definition) is 5. The molecule has 0 unspecified atom stereocenters. The average molecular weight is 347 g/mol. The Hall–Kier alpha value is -2.47. The monoisotopic (exact) mass is 346 g/mol. The molecular formula is C15H7BrO5. The predicted octanol–water partition coefficient (Wildman–Crippen LogP) is 2.98. The van der Waals surface area contributed by atoms with Gasteiger partial charge in [0.1, 0.15) is 5.75 Å².